The Labute approximate surface area is 119 Å². The molecule has 0 atom stereocenters. The normalized spacial score (nSPS) is 10.9. The van der Waals surface area contributed by atoms with Crippen molar-refractivity contribution in [3.8, 4) is 0 Å². The molecule has 0 fully saturated rings. The molecule has 0 saturated carbocycles. The highest BCUT2D eigenvalue weighted by Gasteiger charge is 2.11. The van der Waals surface area contributed by atoms with Crippen LogP contribution in [0.5, 0.6) is 0 Å². The molecule has 19 heavy (non-hydrogen) atoms. The summed E-state index contributed by atoms with van der Waals surface area (Å²) >= 11 is 1.74. The fraction of sp³-hybridized carbons (Fsp3) is 0.714. The predicted molar refractivity (Wildman–Crippen MR) is 78.1 cm³/mol. The summed E-state index contributed by atoms with van der Waals surface area (Å²) in [6.45, 7) is 11.7. The Morgan fingerprint density at radius 3 is 2.26 bits per heavy atom. The summed E-state index contributed by atoms with van der Waals surface area (Å²) in [7, 11) is 0. The molecule has 0 N–H and O–H groups in total. The van der Waals surface area contributed by atoms with Crippen LogP contribution in [0.2, 0.25) is 0 Å². The van der Waals surface area contributed by atoms with Crippen molar-refractivity contribution < 1.29 is 19.1 Å². The van der Waals surface area contributed by atoms with E-state index in [1.807, 2.05) is 0 Å². The van der Waals surface area contributed by atoms with Crippen LogP contribution in [-0.2, 0) is 19.1 Å². The lowest BCUT2D eigenvalue weighted by Gasteiger charge is -2.16. The van der Waals surface area contributed by atoms with E-state index in [1.54, 1.807) is 18.7 Å². The fourth-order valence-electron chi connectivity index (χ4n) is 1.02. The standard InChI is InChI=1S/C14H24O4S/c1-11(2)13(16)18-8-7-17-12(15)6-9-19-10-14(3,4)5/h1,6-10H2,2-5H3. The molecule has 0 bridgehead atoms. The van der Waals surface area contributed by atoms with Gasteiger partial charge in [-0.15, -0.1) is 0 Å². The summed E-state index contributed by atoms with van der Waals surface area (Å²) in [6, 6.07) is 0. The van der Waals surface area contributed by atoms with E-state index in [2.05, 4.69) is 27.4 Å². The van der Waals surface area contributed by atoms with E-state index in [-0.39, 0.29) is 24.6 Å². The van der Waals surface area contributed by atoms with Gasteiger partial charge in [0.15, 0.2) is 0 Å². The number of ether oxygens (including phenoxy) is 2. The van der Waals surface area contributed by atoms with Crippen LogP contribution in [0.25, 0.3) is 0 Å². The molecule has 0 aromatic heterocycles. The number of carbonyl (C=O) groups is 2. The zero-order valence-electron chi connectivity index (χ0n) is 12.3. The molecule has 0 aliphatic rings. The third-order valence-corrected chi connectivity index (χ3v) is 3.48. The Bertz CT molecular complexity index is 318. The van der Waals surface area contributed by atoms with Crippen LogP contribution in [0.4, 0.5) is 0 Å². The topological polar surface area (TPSA) is 52.6 Å². The molecule has 0 unspecified atom stereocenters. The molecule has 0 saturated heterocycles. The first-order valence-corrected chi connectivity index (χ1v) is 7.44. The lowest BCUT2D eigenvalue weighted by molar-refractivity contribution is -0.149. The number of hydrogen-bond acceptors (Lipinski definition) is 5. The van der Waals surface area contributed by atoms with Gasteiger partial charge in [-0.1, -0.05) is 27.4 Å². The van der Waals surface area contributed by atoms with Gasteiger partial charge in [0.1, 0.15) is 13.2 Å². The fourth-order valence-corrected chi connectivity index (χ4v) is 2.09. The average Bonchev–Trinajstić information content (AvgIpc) is 2.28. The second-order valence-corrected chi connectivity index (χ2v) is 6.61. The van der Waals surface area contributed by atoms with Crippen molar-refractivity contribution >= 4 is 23.7 Å². The zero-order chi connectivity index (χ0) is 14.9. The maximum Gasteiger partial charge on any atom is 0.333 e. The number of carbonyl (C=O) groups excluding carboxylic acids is 2. The summed E-state index contributed by atoms with van der Waals surface area (Å²) in [4.78, 5) is 22.4. The molecular weight excluding hydrogens is 264 g/mol. The molecule has 0 aromatic rings. The molecule has 4 nitrogen and oxygen atoms in total. The van der Waals surface area contributed by atoms with Gasteiger partial charge in [-0.3, -0.25) is 4.79 Å². The molecule has 0 aliphatic carbocycles. The maximum atomic E-state index is 11.4. The third-order valence-electron chi connectivity index (χ3n) is 1.91. The van der Waals surface area contributed by atoms with Crippen LogP contribution in [0.3, 0.4) is 0 Å². The van der Waals surface area contributed by atoms with E-state index in [1.165, 1.54) is 0 Å². The second kappa shape index (κ2) is 9.02. The van der Waals surface area contributed by atoms with Gasteiger partial charge in [-0.2, -0.15) is 11.8 Å². The summed E-state index contributed by atoms with van der Waals surface area (Å²) in [5.41, 5.74) is 0.607. The molecule has 0 rings (SSSR count). The highest BCUT2D eigenvalue weighted by Crippen LogP contribution is 2.20. The highest BCUT2D eigenvalue weighted by molar-refractivity contribution is 7.99. The van der Waals surface area contributed by atoms with Crippen molar-refractivity contribution in [3.63, 3.8) is 0 Å². The summed E-state index contributed by atoms with van der Waals surface area (Å²) < 4.78 is 9.75. The molecule has 0 radical (unpaired) electrons. The van der Waals surface area contributed by atoms with Gasteiger partial charge < -0.3 is 9.47 Å². The molecule has 0 aromatic carbocycles. The van der Waals surface area contributed by atoms with Crippen LogP contribution in [0.1, 0.15) is 34.1 Å². The Balaban J connectivity index is 3.50. The molecule has 0 spiro atoms. The van der Waals surface area contributed by atoms with Crippen molar-refractivity contribution in [2.75, 3.05) is 24.7 Å². The molecule has 0 aliphatic heterocycles. The predicted octanol–water partition coefficient (Wildman–Crippen LogP) is 2.82. The van der Waals surface area contributed by atoms with E-state index in [0.29, 0.717) is 12.0 Å². The third kappa shape index (κ3) is 11.8. The van der Waals surface area contributed by atoms with E-state index < -0.39 is 5.97 Å². The first-order chi connectivity index (χ1) is 8.72. The minimum atomic E-state index is -0.461. The molecule has 110 valence electrons. The van der Waals surface area contributed by atoms with Gasteiger partial charge in [-0.05, 0) is 18.1 Å². The van der Waals surface area contributed by atoms with Gasteiger partial charge in [0.25, 0.3) is 0 Å². The van der Waals surface area contributed by atoms with Crippen molar-refractivity contribution in [2.45, 2.75) is 34.1 Å². The Morgan fingerprint density at radius 2 is 1.74 bits per heavy atom. The van der Waals surface area contributed by atoms with Crippen LogP contribution in [-0.4, -0.2) is 36.7 Å². The quantitative estimate of drug-likeness (QED) is 0.390. The van der Waals surface area contributed by atoms with E-state index in [0.717, 1.165) is 11.5 Å². The lowest BCUT2D eigenvalue weighted by atomic mass is 10.0. The lowest BCUT2D eigenvalue weighted by Crippen LogP contribution is -2.15. The summed E-state index contributed by atoms with van der Waals surface area (Å²) in [6.07, 6.45) is 0.384. The Kier molecular flexibility index (Phi) is 8.56. The van der Waals surface area contributed by atoms with Crippen LogP contribution >= 0.6 is 11.8 Å². The summed E-state index contributed by atoms with van der Waals surface area (Å²) in [5, 5.41) is 0. The number of esters is 2. The Hall–Kier alpha value is -0.970. The molecular formula is C14H24O4S. The first kappa shape index (κ1) is 18.0. The number of hydrogen-bond donors (Lipinski definition) is 0. The minimum absolute atomic E-state index is 0.0760. The van der Waals surface area contributed by atoms with Crippen molar-refractivity contribution in [1.29, 1.82) is 0 Å². The van der Waals surface area contributed by atoms with Gasteiger partial charge >= 0.3 is 11.9 Å². The van der Waals surface area contributed by atoms with Crippen LogP contribution in [0.15, 0.2) is 12.2 Å². The largest absolute Gasteiger partial charge is 0.462 e. The van der Waals surface area contributed by atoms with E-state index in [9.17, 15) is 9.59 Å². The van der Waals surface area contributed by atoms with E-state index >= 15 is 0 Å². The average molecular weight is 288 g/mol. The SMILES string of the molecule is C=C(C)C(=O)OCCOC(=O)CCSCC(C)(C)C. The number of thioether (sulfide) groups is 1. The van der Waals surface area contributed by atoms with Gasteiger partial charge in [-0.25, -0.2) is 4.79 Å². The van der Waals surface area contributed by atoms with Crippen molar-refractivity contribution in [1.82, 2.24) is 0 Å². The van der Waals surface area contributed by atoms with Gasteiger partial charge in [0, 0.05) is 11.3 Å². The molecule has 0 heterocycles. The van der Waals surface area contributed by atoms with Crippen LogP contribution < -0.4 is 0 Å². The minimum Gasteiger partial charge on any atom is -0.462 e. The summed E-state index contributed by atoms with van der Waals surface area (Å²) in [5.74, 6) is 1.04. The van der Waals surface area contributed by atoms with Crippen molar-refractivity contribution in [3.05, 3.63) is 12.2 Å². The monoisotopic (exact) mass is 288 g/mol. The van der Waals surface area contributed by atoms with Gasteiger partial charge in [0.05, 0.1) is 6.42 Å². The smallest absolute Gasteiger partial charge is 0.333 e. The molecule has 5 heteroatoms. The zero-order valence-corrected chi connectivity index (χ0v) is 13.1. The van der Waals surface area contributed by atoms with E-state index in [4.69, 9.17) is 9.47 Å². The highest BCUT2D eigenvalue weighted by atomic mass is 32.2. The second-order valence-electron chi connectivity index (χ2n) is 5.50. The van der Waals surface area contributed by atoms with Gasteiger partial charge in [0.2, 0.25) is 0 Å². The van der Waals surface area contributed by atoms with Crippen LogP contribution in [0, 0.1) is 5.41 Å². The molecule has 0 amide bonds. The van der Waals surface area contributed by atoms with Crippen molar-refractivity contribution in [2.24, 2.45) is 5.41 Å². The first-order valence-electron chi connectivity index (χ1n) is 6.28. The number of rotatable bonds is 8. The maximum absolute atomic E-state index is 11.4. The Morgan fingerprint density at radius 1 is 1.16 bits per heavy atom.